The van der Waals surface area contributed by atoms with E-state index in [0.29, 0.717) is 0 Å². The molecule has 112 valence electrons. The van der Waals surface area contributed by atoms with E-state index in [1.54, 1.807) is 0 Å². The van der Waals surface area contributed by atoms with Crippen LogP contribution in [0.5, 0.6) is 0 Å². The van der Waals surface area contributed by atoms with Gasteiger partial charge >= 0.3 is 0 Å². The Morgan fingerprint density at radius 3 is 2.52 bits per heavy atom. The lowest BCUT2D eigenvalue weighted by Gasteiger charge is -2.20. The summed E-state index contributed by atoms with van der Waals surface area (Å²) in [5, 5.41) is 4.21. The van der Waals surface area contributed by atoms with Crippen LogP contribution in [0.25, 0.3) is 0 Å². The van der Waals surface area contributed by atoms with E-state index in [-0.39, 0.29) is 0 Å². The van der Waals surface area contributed by atoms with Crippen molar-refractivity contribution >= 4 is 17.3 Å². The number of hydrogen-bond acceptors (Lipinski definition) is 2. The third-order valence-electron chi connectivity index (χ3n) is 3.48. The molecule has 0 saturated heterocycles. The van der Waals surface area contributed by atoms with Gasteiger partial charge in [0.1, 0.15) is 0 Å². The van der Waals surface area contributed by atoms with Crippen molar-refractivity contribution in [3.05, 3.63) is 64.7 Å². The Hall–Kier alpha value is -1.51. The van der Waals surface area contributed by atoms with Crippen molar-refractivity contribution < 1.29 is 0 Å². The maximum atomic E-state index is 6.39. The minimum absolute atomic E-state index is 0.829. The van der Waals surface area contributed by atoms with Crippen molar-refractivity contribution in [2.75, 3.05) is 18.5 Å². The van der Waals surface area contributed by atoms with E-state index in [9.17, 15) is 0 Å². The Morgan fingerprint density at radius 2 is 1.86 bits per heavy atom. The van der Waals surface area contributed by atoms with Gasteiger partial charge in [-0.2, -0.15) is 0 Å². The number of rotatable bonds is 7. The molecular weight excluding hydrogens is 280 g/mol. The molecule has 2 nitrogen and oxygen atoms in total. The summed E-state index contributed by atoms with van der Waals surface area (Å²) in [7, 11) is 2.09. The molecule has 0 aliphatic rings. The molecule has 0 aliphatic heterocycles. The third kappa shape index (κ3) is 4.76. The maximum absolute atomic E-state index is 6.39. The molecule has 0 heterocycles. The van der Waals surface area contributed by atoms with Crippen LogP contribution in [0.15, 0.2) is 48.5 Å². The molecule has 0 fully saturated rings. The van der Waals surface area contributed by atoms with Crippen LogP contribution < -0.4 is 10.2 Å². The summed E-state index contributed by atoms with van der Waals surface area (Å²) >= 11 is 6.39. The van der Waals surface area contributed by atoms with Crippen LogP contribution >= 0.6 is 11.6 Å². The first-order valence-electron chi connectivity index (χ1n) is 7.45. The largest absolute Gasteiger partial charge is 0.370 e. The van der Waals surface area contributed by atoms with Crippen molar-refractivity contribution in [2.24, 2.45) is 0 Å². The number of halogens is 1. The van der Waals surface area contributed by atoms with E-state index < -0.39 is 0 Å². The van der Waals surface area contributed by atoms with Crippen LogP contribution in [0.4, 0.5) is 5.69 Å². The molecule has 0 radical (unpaired) electrons. The SMILES string of the molecule is CCCNCc1ccc(N(C)Cc2ccccc2)cc1Cl. The molecule has 0 atom stereocenters. The fourth-order valence-corrected chi connectivity index (χ4v) is 2.51. The van der Waals surface area contributed by atoms with Gasteiger partial charge in [0.05, 0.1) is 0 Å². The fourth-order valence-electron chi connectivity index (χ4n) is 2.27. The molecule has 3 heteroatoms. The molecule has 21 heavy (non-hydrogen) atoms. The summed E-state index contributed by atoms with van der Waals surface area (Å²) in [4.78, 5) is 2.21. The maximum Gasteiger partial charge on any atom is 0.0471 e. The van der Waals surface area contributed by atoms with Crippen molar-refractivity contribution in [3.63, 3.8) is 0 Å². The van der Waals surface area contributed by atoms with Crippen LogP contribution in [0.2, 0.25) is 5.02 Å². The number of nitrogens with zero attached hydrogens (tertiary/aromatic N) is 1. The number of nitrogens with one attached hydrogen (secondary N) is 1. The lowest BCUT2D eigenvalue weighted by molar-refractivity contribution is 0.675. The van der Waals surface area contributed by atoms with Crippen LogP contribution in [-0.4, -0.2) is 13.6 Å². The zero-order valence-corrected chi connectivity index (χ0v) is 13.5. The van der Waals surface area contributed by atoms with Gasteiger partial charge in [0, 0.05) is 30.8 Å². The Morgan fingerprint density at radius 1 is 1.10 bits per heavy atom. The van der Waals surface area contributed by atoms with Crippen LogP contribution in [0.3, 0.4) is 0 Å². The van der Waals surface area contributed by atoms with Crippen LogP contribution in [-0.2, 0) is 13.1 Å². The third-order valence-corrected chi connectivity index (χ3v) is 3.83. The lowest BCUT2D eigenvalue weighted by atomic mass is 10.1. The number of hydrogen-bond donors (Lipinski definition) is 1. The molecule has 0 spiro atoms. The van der Waals surface area contributed by atoms with Gasteiger partial charge in [-0.05, 0) is 36.2 Å². The van der Waals surface area contributed by atoms with Crippen LogP contribution in [0.1, 0.15) is 24.5 Å². The molecule has 0 saturated carbocycles. The van der Waals surface area contributed by atoms with Gasteiger partial charge in [-0.1, -0.05) is 54.9 Å². The zero-order valence-electron chi connectivity index (χ0n) is 12.8. The first-order chi connectivity index (χ1) is 10.2. The first kappa shape index (κ1) is 15.9. The predicted molar refractivity (Wildman–Crippen MR) is 92.0 cm³/mol. The van der Waals surface area contributed by atoms with Crippen molar-refractivity contribution in [1.82, 2.24) is 5.32 Å². The highest BCUT2D eigenvalue weighted by Gasteiger charge is 2.06. The van der Waals surface area contributed by atoms with Crippen molar-refractivity contribution in [2.45, 2.75) is 26.4 Å². The molecule has 0 amide bonds. The first-order valence-corrected chi connectivity index (χ1v) is 7.82. The average Bonchev–Trinajstić information content (AvgIpc) is 2.50. The highest BCUT2D eigenvalue weighted by Crippen LogP contribution is 2.24. The monoisotopic (exact) mass is 302 g/mol. The van der Waals surface area contributed by atoms with Crippen LogP contribution in [0, 0.1) is 0 Å². The van der Waals surface area contributed by atoms with E-state index in [4.69, 9.17) is 11.6 Å². The fraction of sp³-hybridized carbons (Fsp3) is 0.333. The highest BCUT2D eigenvalue weighted by atomic mass is 35.5. The van der Waals surface area contributed by atoms with Gasteiger partial charge in [0.25, 0.3) is 0 Å². The van der Waals surface area contributed by atoms with E-state index in [2.05, 4.69) is 60.6 Å². The van der Waals surface area contributed by atoms with E-state index in [1.165, 1.54) is 5.56 Å². The van der Waals surface area contributed by atoms with Gasteiger partial charge in [0.15, 0.2) is 0 Å². The summed E-state index contributed by atoms with van der Waals surface area (Å²) < 4.78 is 0. The minimum atomic E-state index is 0.829. The van der Waals surface area contributed by atoms with Gasteiger partial charge in [-0.3, -0.25) is 0 Å². The summed E-state index contributed by atoms with van der Waals surface area (Å²) in [6, 6.07) is 16.8. The summed E-state index contributed by atoms with van der Waals surface area (Å²) in [5.41, 5.74) is 3.59. The normalized spacial score (nSPS) is 10.6. The second-order valence-electron chi connectivity index (χ2n) is 5.29. The number of anilines is 1. The van der Waals surface area contributed by atoms with Gasteiger partial charge in [-0.25, -0.2) is 0 Å². The molecular formula is C18H23ClN2. The summed E-state index contributed by atoms with van der Waals surface area (Å²) in [6.07, 6.45) is 1.13. The summed E-state index contributed by atoms with van der Waals surface area (Å²) in [5.74, 6) is 0. The standard InChI is InChI=1S/C18H23ClN2/c1-3-11-20-13-16-9-10-17(12-18(16)19)21(2)14-15-7-5-4-6-8-15/h4-10,12,20H,3,11,13-14H2,1-2H3. The quantitative estimate of drug-likeness (QED) is 0.759. The Kier molecular flexibility index (Phi) is 6.09. The molecule has 2 aromatic rings. The second-order valence-corrected chi connectivity index (χ2v) is 5.70. The molecule has 2 rings (SSSR count). The minimum Gasteiger partial charge on any atom is -0.370 e. The highest BCUT2D eigenvalue weighted by molar-refractivity contribution is 6.31. The zero-order chi connectivity index (χ0) is 15.1. The second kappa shape index (κ2) is 8.06. The molecule has 0 bridgehead atoms. The Labute approximate surface area is 132 Å². The van der Waals surface area contributed by atoms with Gasteiger partial charge < -0.3 is 10.2 Å². The molecule has 0 aromatic heterocycles. The van der Waals surface area contributed by atoms with E-state index in [0.717, 1.165) is 42.3 Å². The molecule has 1 N–H and O–H groups in total. The lowest BCUT2D eigenvalue weighted by Crippen LogP contribution is -2.17. The molecule has 0 aliphatic carbocycles. The molecule has 2 aromatic carbocycles. The summed E-state index contributed by atoms with van der Waals surface area (Å²) in [6.45, 7) is 4.89. The Balaban J connectivity index is 2.01. The van der Waals surface area contributed by atoms with Crippen molar-refractivity contribution in [1.29, 1.82) is 0 Å². The van der Waals surface area contributed by atoms with Gasteiger partial charge in [-0.15, -0.1) is 0 Å². The van der Waals surface area contributed by atoms with E-state index >= 15 is 0 Å². The predicted octanol–water partition coefficient (Wildman–Crippen LogP) is 4.48. The number of benzene rings is 2. The van der Waals surface area contributed by atoms with Gasteiger partial charge in [0.2, 0.25) is 0 Å². The smallest absolute Gasteiger partial charge is 0.0471 e. The van der Waals surface area contributed by atoms with E-state index in [1.807, 2.05) is 12.1 Å². The average molecular weight is 303 g/mol. The molecule has 0 unspecified atom stereocenters. The van der Waals surface area contributed by atoms with Crippen molar-refractivity contribution in [3.8, 4) is 0 Å². The Bertz CT molecular complexity index is 554. The topological polar surface area (TPSA) is 15.3 Å².